The molecular weight excluding hydrogens is 287 g/mol. The molecule has 1 unspecified atom stereocenters. The van der Waals surface area contributed by atoms with Gasteiger partial charge < -0.3 is 4.89 Å². The van der Waals surface area contributed by atoms with Crippen LogP contribution in [0.4, 0.5) is 0 Å². The Morgan fingerprint density at radius 1 is 1.00 bits per heavy atom. The van der Waals surface area contributed by atoms with E-state index in [2.05, 4.69) is 0 Å². The molecule has 7 heteroatoms. The van der Waals surface area contributed by atoms with Gasteiger partial charge in [-0.05, 0) is 47.0 Å². The minimum absolute atomic E-state index is 0.408. The average Bonchev–Trinajstić information content (AvgIpc) is 2.21. The summed E-state index contributed by atoms with van der Waals surface area (Å²) in [4.78, 5) is 10.9. The lowest BCUT2D eigenvalue weighted by Crippen LogP contribution is -2.31. The molecule has 114 valence electrons. The Balaban J connectivity index is 3.88. The van der Waals surface area contributed by atoms with Crippen LogP contribution in [0, 0.1) is 0 Å². The first-order chi connectivity index (χ1) is 8.40. The third-order valence-electron chi connectivity index (χ3n) is 3.51. The molecule has 1 N–H and O–H groups in total. The highest BCUT2D eigenvalue weighted by molar-refractivity contribution is 7.87. The monoisotopic (exact) mass is 312 g/mol. The van der Waals surface area contributed by atoms with E-state index in [1.165, 1.54) is 13.8 Å². The number of hydrogen-bond donors (Lipinski definition) is 1. The van der Waals surface area contributed by atoms with Crippen LogP contribution in [0.2, 0.25) is 0 Å². The average molecular weight is 312 g/mol. The summed E-state index contributed by atoms with van der Waals surface area (Å²) in [5.41, 5.74) is 0. The highest BCUT2D eigenvalue weighted by Gasteiger charge is 2.32. The molecule has 0 aliphatic carbocycles. The lowest BCUT2D eigenvalue weighted by molar-refractivity contribution is -0.169. The lowest BCUT2D eigenvalue weighted by Gasteiger charge is -2.20. The van der Waals surface area contributed by atoms with Crippen LogP contribution in [0.1, 0.15) is 66.2 Å². The Hall–Kier alpha value is -0.0300. The van der Waals surface area contributed by atoms with Gasteiger partial charge in [0.15, 0.2) is 5.16 Å². The topological polar surface area (TPSA) is 94.5 Å². The molecule has 0 spiro atoms. The summed E-state index contributed by atoms with van der Waals surface area (Å²) in [6.07, 6.45) is 4.25. The predicted octanol–water partition coefficient (Wildman–Crippen LogP) is 2.87. The zero-order valence-corrected chi connectivity index (χ0v) is 13.9. The third-order valence-corrected chi connectivity index (χ3v) is 6.32. The van der Waals surface area contributed by atoms with Crippen molar-refractivity contribution >= 4 is 18.1 Å². The molecule has 0 rings (SSSR count). The second-order valence-electron chi connectivity index (χ2n) is 6.22. The molecule has 5 nitrogen and oxygen atoms in total. The predicted molar refractivity (Wildman–Crippen MR) is 75.0 cm³/mol. The molecule has 0 amide bonds. The van der Waals surface area contributed by atoms with Crippen molar-refractivity contribution in [2.24, 2.45) is 0 Å². The molecule has 0 radical (unpaired) electrons. The van der Waals surface area contributed by atoms with Crippen LogP contribution in [-0.2, 0) is 14.7 Å². The summed E-state index contributed by atoms with van der Waals surface area (Å²) in [5, 5.41) is -0.664. The SMILES string of the molecule is CC(C)(CCCCCCC(C)(C)S(=O)(=O)O)[P+](=O)[O-]. The van der Waals surface area contributed by atoms with E-state index in [9.17, 15) is 17.9 Å². The third kappa shape index (κ3) is 6.80. The van der Waals surface area contributed by atoms with Gasteiger partial charge in [-0.15, -0.1) is 0 Å². The largest absolute Gasteiger partial charge is 0.595 e. The first-order valence-corrected chi connectivity index (χ1v) is 9.13. The molecule has 0 fully saturated rings. The molecule has 0 aromatic carbocycles. The van der Waals surface area contributed by atoms with Crippen molar-refractivity contribution in [3.8, 4) is 0 Å². The normalized spacial score (nSPS) is 14.5. The van der Waals surface area contributed by atoms with Gasteiger partial charge in [0.25, 0.3) is 10.1 Å². The van der Waals surface area contributed by atoms with E-state index in [1.54, 1.807) is 13.8 Å². The van der Waals surface area contributed by atoms with Gasteiger partial charge in [-0.1, -0.05) is 23.8 Å². The van der Waals surface area contributed by atoms with Crippen molar-refractivity contribution in [3.05, 3.63) is 0 Å². The van der Waals surface area contributed by atoms with Crippen LogP contribution in [0.5, 0.6) is 0 Å². The highest BCUT2D eigenvalue weighted by atomic mass is 32.2. The molecule has 0 saturated carbocycles. The summed E-state index contributed by atoms with van der Waals surface area (Å²) < 4.78 is 41.0. The Kier molecular flexibility index (Phi) is 7.10. The Labute approximate surface area is 117 Å². The van der Waals surface area contributed by atoms with Gasteiger partial charge in [0.05, 0.1) is 4.75 Å². The van der Waals surface area contributed by atoms with E-state index in [1.807, 2.05) is 0 Å². The molecule has 0 aliphatic heterocycles. The van der Waals surface area contributed by atoms with E-state index in [0.717, 1.165) is 19.3 Å². The van der Waals surface area contributed by atoms with E-state index in [-0.39, 0.29) is 0 Å². The summed E-state index contributed by atoms with van der Waals surface area (Å²) in [6, 6.07) is 0. The van der Waals surface area contributed by atoms with Gasteiger partial charge in [0.2, 0.25) is 0 Å². The molecule has 0 saturated heterocycles. The number of unbranched alkanes of at least 4 members (excludes halogenated alkanes) is 3. The standard InChI is InChI=1S/C12H25O5PS/c1-11(2,18(13)14)9-7-5-6-8-10-12(3,4)19(15,16)17/h5-10H2,1-4H3,(H,15,16,17). The molecule has 0 aliphatic rings. The van der Waals surface area contributed by atoms with Crippen molar-refractivity contribution in [1.82, 2.24) is 0 Å². The van der Waals surface area contributed by atoms with Crippen LogP contribution >= 0.6 is 8.03 Å². The van der Waals surface area contributed by atoms with Crippen LogP contribution < -0.4 is 4.89 Å². The summed E-state index contributed by atoms with van der Waals surface area (Å²) >= 11 is 0. The Bertz CT molecular complexity index is 400. The van der Waals surface area contributed by atoms with E-state index < -0.39 is 28.0 Å². The van der Waals surface area contributed by atoms with E-state index in [0.29, 0.717) is 19.3 Å². The fraction of sp³-hybridized carbons (Fsp3) is 1.00. The molecule has 19 heavy (non-hydrogen) atoms. The van der Waals surface area contributed by atoms with Crippen molar-refractivity contribution in [3.63, 3.8) is 0 Å². The highest BCUT2D eigenvalue weighted by Crippen LogP contribution is 2.35. The quantitative estimate of drug-likeness (QED) is 0.401. The Morgan fingerprint density at radius 2 is 1.42 bits per heavy atom. The second-order valence-corrected chi connectivity index (χ2v) is 10.00. The fourth-order valence-electron chi connectivity index (χ4n) is 1.68. The van der Waals surface area contributed by atoms with Crippen molar-refractivity contribution in [1.29, 1.82) is 0 Å². The molecule has 0 aromatic rings. The number of rotatable bonds is 9. The fourth-order valence-corrected chi connectivity index (χ4v) is 2.43. The van der Waals surface area contributed by atoms with Crippen LogP contribution in [0.3, 0.4) is 0 Å². The molecule has 0 bridgehead atoms. The number of hydrogen-bond acceptors (Lipinski definition) is 4. The van der Waals surface area contributed by atoms with Crippen LogP contribution in [-0.4, -0.2) is 22.9 Å². The minimum atomic E-state index is -4.01. The molecule has 0 aromatic heterocycles. The van der Waals surface area contributed by atoms with E-state index >= 15 is 0 Å². The summed E-state index contributed by atoms with van der Waals surface area (Å²) in [6.45, 7) is 6.43. The smallest absolute Gasteiger partial charge is 0.314 e. The molecular formula is C12H25O5PS. The second kappa shape index (κ2) is 7.11. The van der Waals surface area contributed by atoms with Crippen molar-refractivity contribution < 1.29 is 22.4 Å². The first kappa shape index (κ1) is 19.0. The van der Waals surface area contributed by atoms with Gasteiger partial charge in [0, 0.05) is 0 Å². The van der Waals surface area contributed by atoms with Gasteiger partial charge in [0.1, 0.15) is 0 Å². The molecule has 1 atom stereocenters. The Morgan fingerprint density at radius 3 is 1.79 bits per heavy atom. The zero-order valence-electron chi connectivity index (χ0n) is 12.2. The van der Waals surface area contributed by atoms with Crippen LogP contribution in [0.25, 0.3) is 0 Å². The maximum absolute atomic E-state index is 11.1. The van der Waals surface area contributed by atoms with E-state index in [4.69, 9.17) is 4.55 Å². The zero-order chi connectivity index (χ0) is 15.3. The van der Waals surface area contributed by atoms with Gasteiger partial charge in [-0.25, -0.2) is 0 Å². The molecule has 0 heterocycles. The van der Waals surface area contributed by atoms with Gasteiger partial charge in [-0.2, -0.15) is 8.42 Å². The summed E-state index contributed by atoms with van der Waals surface area (Å²) in [5.74, 6) is 0. The van der Waals surface area contributed by atoms with Crippen molar-refractivity contribution in [2.45, 2.75) is 76.1 Å². The maximum Gasteiger partial charge on any atom is 0.314 e. The lowest BCUT2D eigenvalue weighted by atomic mass is 10.0. The summed E-state index contributed by atoms with van der Waals surface area (Å²) in [7, 11) is -6.42. The maximum atomic E-state index is 11.1. The van der Waals surface area contributed by atoms with Crippen molar-refractivity contribution in [2.75, 3.05) is 0 Å². The van der Waals surface area contributed by atoms with Gasteiger partial charge in [-0.3, -0.25) is 4.55 Å². The minimum Gasteiger partial charge on any atom is -0.595 e. The van der Waals surface area contributed by atoms with Gasteiger partial charge >= 0.3 is 8.03 Å². The van der Waals surface area contributed by atoms with Crippen LogP contribution in [0.15, 0.2) is 0 Å². The first-order valence-electron chi connectivity index (χ1n) is 6.52.